The Balaban J connectivity index is 3.04. The minimum absolute atomic E-state index is 0.139. The molecule has 0 spiro atoms. The van der Waals surface area contributed by atoms with E-state index in [4.69, 9.17) is 4.74 Å². The standard InChI is InChI=1S/C10H11F3O3S/c1-7(2)16-8-3-5-9(6-4-8)17(14,15)10(11,12)13/h3-7H,1-2H3. The average molecular weight is 268 g/mol. The Kier molecular flexibility index (Phi) is 3.71. The maximum Gasteiger partial charge on any atom is 0.501 e. The lowest BCUT2D eigenvalue weighted by Gasteiger charge is -2.11. The fourth-order valence-corrected chi connectivity index (χ4v) is 1.86. The smallest absolute Gasteiger partial charge is 0.491 e. The SMILES string of the molecule is CC(C)Oc1ccc(S(=O)(=O)C(F)(F)F)cc1. The normalized spacial score (nSPS) is 12.8. The molecule has 0 radical (unpaired) electrons. The molecular weight excluding hydrogens is 257 g/mol. The quantitative estimate of drug-likeness (QED) is 0.846. The molecule has 0 amide bonds. The Morgan fingerprint density at radius 1 is 1.12 bits per heavy atom. The highest BCUT2D eigenvalue weighted by Gasteiger charge is 2.46. The largest absolute Gasteiger partial charge is 0.501 e. The van der Waals surface area contributed by atoms with Crippen LogP contribution in [0.2, 0.25) is 0 Å². The second kappa shape index (κ2) is 4.56. The molecule has 0 aromatic heterocycles. The fourth-order valence-electron chi connectivity index (χ4n) is 1.10. The first-order chi connectivity index (χ1) is 7.64. The molecule has 0 saturated carbocycles. The molecule has 0 aliphatic carbocycles. The lowest BCUT2D eigenvalue weighted by Crippen LogP contribution is -2.23. The molecule has 1 aromatic carbocycles. The number of rotatable bonds is 3. The number of halogens is 3. The van der Waals surface area contributed by atoms with E-state index < -0.39 is 20.2 Å². The second-order valence-corrected chi connectivity index (χ2v) is 5.53. The van der Waals surface area contributed by atoms with E-state index in [-0.39, 0.29) is 6.10 Å². The second-order valence-electron chi connectivity index (χ2n) is 3.59. The van der Waals surface area contributed by atoms with Crippen LogP contribution in [0.15, 0.2) is 29.2 Å². The van der Waals surface area contributed by atoms with Gasteiger partial charge in [0.25, 0.3) is 9.84 Å². The molecule has 3 nitrogen and oxygen atoms in total. The van der Waals surface area contributed by atoms with Gasteiger partial charge in [-0.15, -0.1) is 0 Å². The van der Waals surface area contributed by atoms with Crippen molar-refractivity contribution in [3.05, 3.63) is 24.3 Å². The molecule has 0 aliphatic heterocycles. The van der Waals surface area contributed by atoms with E-state index in [0.29, 0.717) is 5.75 Å². The van der Waals surface area contributed by atoms with E-state index in [1.807, 2.05) is 0 Å². The fraction of sp³-hybridized carbons (Fsp3) is 0.400. The minimum Gasteiger partial charge on any atom is -0.491 e. The minimum atomic E-state index is -5.28. The van der Waals surface area contributed by atoms with Crippen molar-refractivity contribution < 1.29 is 26.3 Å². The third-order valence-corrected chi connectivity index (χ3v) is 3.31. The predicted molar refractivity (Wildman–Crippen MR) is 55.4 cm³/mol. The van der Waals surface area contributed by atoms with Crippen LogP contribution in [0.25, 0.3) is 0 Å². The van der Waals surface area contributed by atoms with Crippen molar-refractivity contribution in [1.29, 1.82) is 0 Å². The summed E-state index contributed by atoms with van der Waals surface area (Å²) in [4.78, 5) is -0.791. The van der Waals surface area contributed by atoms with Crippen LogP contribution in [0.3, 0.4) is 0 Å². The van der Waals surface area contributed by atoms with Crippen LogP contribution in [-0.4, -0.2) is 20.0 Å². The zero-order chi connectivity index (χ0) is 13.3. The number of benzene rings is 1. The van der Waals surface area contributed by atoms with Crippen LogP contribution in [0, 0.1) is 0 Å². The van der Waals surface area contributed by atoms with Crippen molar-refractivity contribution in [2.24, 2.45) is 0 Å². The summed E-state index contributed by atoms with van der Waals surface area (Å²) in [6.45, 7) is 3.50. The maximum atomic E-state index is 12.2. The molecule has 1 aromatic rings. The monoisotopic (exact) mass is 268 g/mol. The van der Waals surface area contributed by atoms with Gasteiger partial charge >= 0.3 is 5.51 Å². The first-order valence-electron chi connectivity index (χ1n) is 4.72. The van der Waals surface area contributed by atoms with Gasteiger partial charge in [-0.05, 0) is 38.1 Å². The summed E-state index contributed by atoms with van der Waals surface area (Å²) in [5, 5.41) is 0. The van der Waals surface area contributed by atoms with Gasteiger partial charge in [0, 0.05) is 0 Å². The molecule has 0 fully saturated rings. The van der Waals surface area contributed by atoms with Crippen LogP contribution >= 0.6 is 0 Å². The third-order valence-electron chi connectivity index (χ3n) is 1.81. The highest BCUT2D eigenvalue weighted by molar-refractivity contribution is 7.92. The van der Waals surface area contributed by atoms with Gasteiger partial charge in [0.2, 0.25) is 0 Å². The summed E-state index contributed by atoms with van der Waals surface area (Å²) < 4.78 is 63.9. The zero-order valence-electron chi connectivity index (χ0n) is 9.15. The van der Waals surface area contributed by atoms with Crippen LogP contribution < -0.4 is 4.74 Å². The predicted octanol–water partition coefficient (Wildman–Crippen LogP) is 2.77. The summed E-state index contributed by atoms with van der Waals surface area (Å²) in [7, 11) is -5.28. The molecule has 0 N–H and O–H groups in total. The molecule has 0 atom stereocenters. The van der Waals surface area contributed by atoms with Crippen molar-refractivity contribution >= 4 is 9.84 Å². The van der Waals surface area contributed by atoms with Gasteiger partial charge in [0.15, 0.2) is 0 Å². The topological polar surface area (TPSA) is 43.4 Å². The lowest BCUT2D eigenvalue weighted by atomic mass is 10.3. The Hall–Kier alpha value is -1.24. The van der Waals surface area contributed by atoms with E-state index in [9.17, 15) is 21.6 Å². The Morgan fingerprint density at radius 2 is 1.59 bits per heavy atom. The molecular formula is C10H11F3O3S. The first-order valence-corrected chi connectivity index (χ1v) is 6.21. The van der Waals surface area contributed by atoms with E-state index in [1.165, 1.54) is 12.1 Å². The summed E-state index contributed by atoms with van der Waals surface area (Å²) in [6, 6.07) is 4.14. The van der Waals surface area contributed by atoms with Gasteiger partial charge in [-0.1, -0.05) is 0 Å². The van der Waals surface area contributed by atoms with Crippen LogP contribution in [0.4, 0.5) is 13.2 Å². The van der Waals surface area contributed by atoms with E-state index in [0.717, 1.165) is 12.1 Å². The van der Waals surface area contributed by atoms with Crippen LogP contribution in [0.1, 0.15) is 13.8 Å². The number of hydrogen-bond donors (Lipinski definition) is 0. The van der Waals surface area contributed by atoms with Gasteiger partial charge in [-0.25, -0.2) is 8.42 Å². The third kappa shape index (κ3) is 3.12. The van der Waals surface area contributed by atoms with Gasteiger partial charge in [0.1, 0.15) is 5.75 Å². The molecule has 0 unspecified atom stereocenters. The summed E-state index contributed by atoms with van der Waals surface area (Å²) in [5.41, 5.74) is -5.28. The van der Waals surface area contributed by atoms with Crippen molar-refractivity contribution in [2.45, 2.75) is 30.4 Å². The lowest BCUT2D eigenvalue weighted by molar-refractivity contribution is -0.0436. The van der Waals surface area contributed by atoms with Gasteiger partial charge in [0.05, 0.1) is 11.0 Å². The van der Waals surface area contributed by atoms with E-state index in [1.54, 1.807) is 13.8 Å². The van der Waals surface area contributed by atoms with Crippen molar-refractivity contribution in [2.75, 3.05) is 0 Å². The summed E-state index contributed by atoms with van der Waals surface area (Å²) >= 11 is 0. The summed E-state index contributed by atoms with van der Waals surface area (Å²) in [5.74, 6) is 0.320. The highest BCUT2D eigenvalue weighted by atomic mass is 32.2. The van der Waals surface area contributed by atoms with Gasteiger partial charge in [-0.2, -0.15) is 13.2 Å². The highest BCUT2D eigenvalue weighted by Crippen LogP contribution is 2.30. The Bertz CT molecular complexity index is 475. The molecule has 7 heteroatoms. The van der Waals surface area contributed by atoms with Gasteiger partial charge < -0.3 is 4.74 Å². The molecule has 96 valence electrons. The molecule has 0 aliphatic rings. The molecule has 0 saturated heterocycles. The van der Waals surface area contributed by atoms with Crippen molar-refractivity contribution in [1.82, 2.24) is 0 Å². The van der Waals surface area contributed by atoms with Crippen molar-refractivity contribution in [3.8, 4) is 5.75 Å². The van der Waals surface area contributed by atoms with Crippen molar-refractivity contribution in [3.63, 3.8) is 0 Å². The first kappa shape index (κ1) is 13.8. The maximum absolute atomic E-state index is 12.2. The zero-order valence-corrected chi connectivity index (χ0v) is 9.97. The van der Waals surface area contributed by atoms with Crippen LogP contribution in [0.5, 0.6) is 5.75 Å². The van der Waals surface area contributed by atoms with E-state index >= 15 is 0 Å². The summed E-state index contributed by atoms with van der Waals surface area (Å²) in [6.07, 6.45) is -0.139. The Morgan fingerprint density at radius 3 is 1.94 bits per heavy atom. The average Bonchev–Trinajstić information content (AvgIpc) is 2.15. The van der Waals surface area contributed by atoms with Crippen LogP contribution in [-0.2, 0) is 9.84 Å². The number of alkyl halides is 3. The Labute approximate surface area is 97.1 Å². The number of hydrogen-bond acceptors (Lipinski definition) is 3. The van der Waals surface area contributed by atoms with E-state index in [2.05, 4.69) is 0 Å². The molecule has 0 heterocycles. The molecule has 0 bridgehead atoms. The number of ether oxygens (including phenoxy) is 1. The number of sulfone groups is 1. The molecule has 1 rings (SSSR count). The molecule has 17 heavy (non-hydrogen) atoms. The van der Waals surface area contributed by atoms with Gasteiger partial charge in [-0.3, -0.25) is 0 Å².